The number of hydrogen-bond donors (Lipinski definition) is 1. The van der Waals surface area contributed by atoms with Crippen molar-refractivity contribution >= 4 is 5.91 Å². The molecule has 62 valence electrons. The minimum atomic E-state index is -0.681. The summed E-state index contributed by atoms with van der Waals surface area (Å²) < 4.78 is 5.33. The Morgan fingerprint density at radius 2 is 2.64 bits per heavy atom. The summed E-state index contributed by atoms with van der Waals surface area (Å²) >= 11 is 0. The molecule has 0 aromatic heterocycles. The van der Waals surface area contributed by atoms with Crippen LogP contribution in [0.4, 0.5) is 0 Å². The van der Waals surface area contributed by atoms with E-state index < -0.39 is 5.60 Å². The molecular formula is C8H13NO2. The zero-order chi connectivity index (χ0) is 8.32. The van der Waals surface area contributed by atoms with Crippen LogP contribution in [0.1, 0.15) is 13.3 Å². The van der Waals surface area contributed by atoms with E-state index >= 15 is 0 Å². The molecule has 3 heteroatoms. The number of carbonyl (C=O) groups is 1. The second-order valence-corrected chi connectivity index (χ2v) is 2.83. The van der Waals surface area contributed by atoms with Gasteiger partial charge >= 0.3 is 0 Å². The van der Waals surface area contributed by atoms with Crippen molar-refractivity contribution < 1.29 is 9.53 Å². The van der Waals surface area contributed by atoms with Crippen LogP contribution in [-0.2, 0) is 9.53 Å². The van der Waals surface area contributed by atoms with Crippen molar-refractivity contribution in [2.24, 2.45) is 0 Å². The highest BCUT2D eigenvalue weighted by atomic mass is 16.5. The molecule has 1 rings (SSSR count). The molecule has 1 N–H and O–H groups in total. The maximum atomic E-state index is 11.2. The Bertz CT molecular complexity index is 179. The summed E-state index contributed by atoms with van der Waals surface area (Å²) in [6.45, 7) is 6.57. The van der Waals surface area contributed by atoms with Gasteiger partial charge in [0, 0.05) is 13.0 Å². The van der Waals surface area contributed by atoms with Crippen LogP contribution in [0.15, 0.2) is 12.7 Å². The van der Waals surface area contributed by atoms with E-state index in [4.69, 9.17) is 4.74 Å². The molecule has 0 aromatic rings. The predicted molar refractivity (Wildman–Crippen MR) is 42.2 cm³/mol. The van der Waals surface area contributed by atoms with Gasteiger partial charge in [-0.2, -0.15) is 0 Å². The molecule has 0 saturated carbocycles. The molecule has 1 atom stereocenters. The highest BCUT2D eigenvalue weighted by Gasteiger charge is 2.35. The molecule has 1 unspecified atom stereocenters. The van der Waals surface area contributed by atoms with Crippen LogP contribution in [0.25, 0.3) is 0 Å². The number of nitrogens with one attached hydrogen (secondary N) is 1. The number of rotatable bonds is 2. The Morgan fingerprint density at radius 3 is 3.18 bits per heavy atom. The normalized spacial score (nSPS) is 31.2. The molecule has 1 aliphatic heterocycles. The molecular weight excluding hydrogens is 142 g/mol. The third-order valence-corrected chi connectivity index (χ3v) is 1.82. The summed E-state index contributed by atoms with van der Waals surface area (Å²) in [5.74, 6) is -0.0383. The van der Waals surface area contributed by atoms with Gasteiger partial charge in [-0.05, 0) is 6.92 Å². The predicted octanol–water partition coefficient (Wildman–Crippen LogP) is 0.468. The number of hydrogen-bond acceptors (Lipinski definition) is 2. The molecule has 1 heterocycles. The topological polar surface area (TPSA) is 38.3 Å². The first-order valence-corrected chi connectivity index (χ1v) is 3.72. The van der Waals surface area contributed by atoms with Crippen LogP contribution < -0.4 is 5.32 Å². The summed E-state index contributed by atoms with van der Waals surface area (Å²) in [5.41, 5.74) is -0.681. The third-order valence-electron chi connectivity index (χ3n) is 1.82. The van der Waals surface area contributed by atoms with E-state index in [2.05, 4.69) is 11.9 Å². The van der Waals surface area contributed by atoms with Gasteiger partial charge in [-0.15, -0.1) is 6.58 Å². The first-order valence-electron chi connectivity index (χ1n) is 3.72. The van der Waals surface area contributed by atoms with Gasteiger partial charge < -0.3 is 10.1 Å². The van der Waals surface area contributed by atoms with Gasteiger partial charge in [0.15, 0.2) is 0 Å². The largest absolute Gasteiger partial charge is 0.363 e. The van der Waals surface area contributed by atoms with Crippen molar-refractivity contribution in [1.82, 2.24) is 5.32 Å². The molecule has 11 heavy (non-hydrogen) atoms. The highest BCUT2D eigenvalue weighted by molar-refractivity contribution is 5.85. The molecule has 0 spiro atoms. The van der Waals surface area contributed by atoms with Crippen LogP contribution in [0, 0.1) is 0 Å². The minimum Gasteiger partial charge on any atom is -0.363 e. The van der Waals surface area contributed by atoms with Crippen molar-refractivity contribution in [2.45, 2.75) is 18.9 Å². The number of amides is 1. The Hall–Kier alpha value is -0.830. The van der Waals surface area contributed by atoms with Gasteiger partial charge in [-0.3, -0.25) is 4.79 Å². The summed E-state index contributed by atoms with van der Waals surface area (Å²) in [5, 5.41) is 2.75. The molecule has 1 amide bonds. The van der Waals surface area contributed by atoms with E-state index in [0.717, 1.165) is 0 Å². The van der Waals surface area contributed by atoms with Gasteiger partial charge in [0.25, 0.3) is 5.91 Å². The van der Waals surface area contributed by atoms with Crippen LogP contribution >= 0.6 is 0 Å². The Morgan fingerprint density at radius 1 is 1.91 bits per heavy atom. The lowest BCUT2D eigenvalue weighted by Gasteiger charge is -2.31. The summed E-state index contributed by atoms with van der Waals surface area (Å²) in [4.78, 5) is 11.2. The van der Waals surface area contributed by atoms with Gasteiger partial charge in [-0.25, -0.2) is 0 Å². The second-order valence-electron chi connectivity index (χ2n) is 2.83. The first-order chi connectivity index (χ1) is 5.19. The van der Waals surface area contributed by atoms with E-state index in [1.165, 1.54) is 0 Å². The maximum Gasteiger partial charge on any atom is 0.252 e. The molecule has 0 aromatic carbocycles. The van der Waals surface area contributed by atoms with Gasteiger partial charge in [0.05, 0.1) is 6.61 Å². The summed E-state index contributed by atoms with van der Waals surface area (Å²) in [6, 6.07) is 0. The van der Waals surface area contributed by atoms with Gasteiger partial charge in [-0.1, -0.05) is 6.08 Å². The van der Waals surface area contributed by atoms with E-state index in [0.29, 0.717) is 19.6 Å². The Kier molecular flexibility index (Phi) is 2.29. The zero-order valence-corrected chi connectivity index (χ0v) is 6.72. The third kappa shape index (κ3) is 1.60. The van der Waals surface area contributed by atoms with Crippen molar-refractivity contribution in [3.63, 3.8) is 0 Å². The number of morpholine rings is 1. The number of ether oxygens (including phenoxy) is 1. The average Bonchev–Trinajstić information content (AvgIpc) is 1.96. The van der Waals surface area contributed by atoms with Crippen LogP contribution in [0.2, 0.25) is 0 Å². The monoisotopic (exact) mass is 155 g/mol. The quantitative estimate of drug-likeness (QED) is 0.588. The SMILES string of the molecule is C=CCC1(C)OCCNC1=O. The average molecular weight is 155 g/mol. The fourth-order valence-electron chi connectivity index (χ4n) is 1.12. The zero-order valence-electron chi connectivity index (χ0n) is 6.72. The van der Waals surface area contributed by atoms with Crippen molar-refractivity contribution in [2.75, 3.05) is 13.2 Å². The lowest BCUT2D eigenvalue weighted by Crippen LogP contribution is -2.52. The van der Waals surface area contributed by atoms with E-state index in [-0.39, 0.29) is 5.91 Å². The minimum absolute atomic E-state index is 0.0383. The Balaban J connectivity index is 2.64. The van der Waals surface area contributed by atoms with E-state index in [1.807, 2.05) is 0 Å². The van der Waals surface area contributed by atoms with Crippen molar-refractivity contribution in [1.29, 1.82) is 0 Å². The van der Waals surface area contributed by atoms with Crippen LogP contribution in [0.5, 0.6) is 0 Å². The molecule has 0 radical (unpaired) electrons. The number of carbonyl (C=O) groups excluding carboxylic acids is 1. The molecule has 0 bridgehead atoms. The molecule has 1 aliphatic rings. The van der Waals surface area contributed by atoms with Crippen LogP contribution in [-0.4, -0.2) is 24.7 Å². The van der Waals surface area contributed by atoms with Gasteiger partial charge in [0.1, 0.15) is 5.60 Å². The Labute approximate surface area is 66.4 Å². The molecule has 1 saturated heterocycles. The summed E-state index contributed by atoms with van der Waals surface area (Å²) in [6.07, 6.45) is 2.27. The van der Waals surface area contributed by atoms with Crippen LogP contribution in [0.3, 0.4) is 0 Å². The summed E-state index contributed by atoms with van der Waals surface area (Å²) in [7, 11) is 0. The van der Waals surface area contributed by atoms with E-state index in [9.17, 15) is 4.79 Å². The smallest absolute Gasteiger partial charge is 0.252 e. The highest BCUT2D eigenvalue weighted by Crippen LogP contribution is 2.18. The fourth-order valence-corrected chi connectivity index (χ4v) is 1.12. The first kappa shape index (κ1) is 8.27. The lowest BCUT2D eigenvalue weighted by atomic mass is 10.00. The van der Waals surface area contributed by atoms with Crippen molar-refractivity contribution in [3.05, 3.63) is 12.7 Å². The molecule has 3 nitrogen and oxygen atoms in total. The lowest BCUT2D eigenvalue weighted by molar-refractivity contribution is -0.151. The molecule has 1 fully saturated rings. The van der Waals surface area contributed by atoms with Gasteiger partial charge in [0.2, 0.25) is 0 Å². The molecule has 0 aliphatic carbocycles. The fraction of sp³-hybridized carbons (Fsp3) is 0.625. The standard InChI is InChI=1S/C8H13NO2/c1-3-4-8(2)7(10)9-5-6-11-8/h3H,1,4-6H2,2H3,(H,9,10). The second kappa shape index (κ2) is 3.05. The maximum absolute atomic E-state index is 11.2. The van der Waals surface area contributed by atoms with Crippen molar-refractivity contribution in [3.8, 4) is 0 Å². The van der Waals surface area contributed by atoms with E-state index in [1.54, 1.807) is 13.0 Å².